The Bertz CT molecular complexity index is 1420. The van der Waals surface area contributed by atoms with Gasteiger partial charge in [-0.25, -0.2) is 9.97 Å². The van der Waals surface area contributed by atoms with Gasteiger partial charge in [-0.1, -0.05) is 0 Å². The summed E-state index contributed by atoms with van der Waals surface area (Å²) < 4.78 is 0. The lowest BCUT2D eigenvalue weighted by Gasteiger charge is -2.35. The summed E-state index contributed by atoms with van der Waals surface area (Å²) in [5.74, 6) is 2.27. The molecule has 0 bridgehead atoms. The summed E-state index contributed by atoms with van der Waals surface area (Å²) in [5, 5.41) is 10.7. The highest BCUT2D eigenvalue weighted by Crippen LogP contribution is 2.33. The molecule has 0 atom stereocenters. The fourth-order valence-electron chi connectivity index (χ4n) is 4.85. The lowest BCUT2D eigenvalue weighted by atomic mass is 10.0. The smallest absolute Gasteiger partial charge is 0.228 e. The van der Waals surface area contributed by atoms with Crippen molar-refractivity contribution >= 4 is 34.4 Å². The van der Waals surface area contributed by atoms with Crippen LogP contribution in [-0.2, 0) is 0 Å². The summed E-state index contributed by atoms with van der Waals surface area (Å²) in [5.41, 5.74) is 6.11. The summed E-state index contributed by atoms with van der Waals surface area (Å²) in [6, 6.07) is 7.94. The number of anilines is 3. The number of piperidine rings is 1. The van der Waals surface area contributed by atoms with Crippen molar-refractivity contribution in [1.29, 1.82) is 0 Å². The molecule has 4 aromatic heterocycles. The maximum absolute atomic E-state index is 13.4. The Hall–Kier alpha value is -4.19. The number of rotatable bonds is 8. The Balaban J connectivity index is 1.42. The third-order valence-corrected chi connectivity index (χ3v) is 6.91. The number of nitrogens with zero attached hydrogens (tertiary/aromatic N) is 7. The van der Waals surface area contributed by atoms with Gasteiger partial charge in [0.1, 0.15) is 11.3 Å². The number of aromatic amines is 1. The molecule has 0 amide bonds. The van der Waals surface area contributed by atoms with Crippen LogP contribution in [0.25, 0.3) is 22.4 Å². The van der Waals surface area contributed by atoms with E-state index in [1.807, 2.05) is 19.2 Å². The van der Waals surface area contributed by atoms with Gasteiger partial charge >= 0.3 is 0 Å². The van der Waals surface area contributed by atoms with E-state index in [0.717, 1.165) is 43.1 Å². The van der Waals surface area contributed by atoms with Gasteiger partial charge in [0, 0.05) is 52.0 Å². The zero-order chi connectivity index (χ0) is 26.1. The maximum Gasteiger partial charge on any atom is 0.228 e. The summed E-state index contributed by atoms with van der Waals surface area (Å²) in [6.07, 6.45) is 3.82. The number of fused-ring (bicyclic) bond motifs is 1. The zero-order valence-corrected chi connectivity index (χ0v) is 21.8. The molecule has 37 heavy (non-hydrogen) atoms. The number of carbonyl (C=O) groups excluding carboxylic acids is 1. The van der Waals surface area contributed by atoms with E-state index < -0.39 is 0 Å². The predicted molar refractivity (Wildman–Crippen MR) is 146 cm³/mol. The van der Waals surface area contributed by atoms with E-state index in [1.54, 1.807) is 37.2 Å². The second-order valence-corrected chi connectivity index (χ2v) is 9.27. The predicted octanol–water partition coefficient (Wildman–Crippen LogP) is 2.23. The Morgan fingerprint density at radius 1 is 1.08 bits per heavy atom. The van der Waals surface area contributed by atoms with Gasteiger partial charge in [-0.3, -0.25) is 9.78 Å². The number of carbonyl (C=O) groups is 1. The maximum atomic E-state index is 13.4. The quantitative estimate of drug-likeness (QED) is 0.265. The first-order valence-corrected chi connectivity index (χ1v) is 12.4. The average Bonchev–Trinajstić information content (AvgIpc) is 3.53. The first kappa shape index (κ1) is 24.5. The molecule has 4 aromatic rings. The van der Waals surface area contributed by atoms with Crippen molar-refractivity contribution in [2.75, 3.05) is 69.3 Å². The van der Waals surface area contributed by atoms with Crippen LogP contribution in [0.4, 0.5) is 17.5 Å². The minimum Gasteiger partial charge on any atom is -0.371 e. The summed E-state index contributed by atoms with van der Waals surface area (Å²) >= 11 is 0. The van der Waals surface area contributed by atoms with E-state index in [9.17, 15) is 4.79 Å². The molecule has 5 heterocycles. The number of aromatic nitrogens is 6. The lowest BCUT2D eigenvalue weighted by Crippen LogP contribution is -2.42. The van der Waals surface area contributed by atoms with E-state index in [4.69, 9.17) is 4.98 Å². The minimum absolute atomic E-state index is 0.229. The SMILES string of the molecule is CNc1nn(NC)c(NC)c1-c1cc(C(=O)c2nc3ccc(N4CCC(N(C)C)CC4)nc3[nH]2)ccn1. The second kappa shape index (κ2) is 10.1. The normalized spacial score (nSPS) is 14.4. The van der Waals surface area contributed by atoms with Crippen LogP contribution < -0.4 is 21.0 Å². The van der Waals surface area contributed by atoms with Crippen molar-refractivity contribution in [2.24, 2.45) is 0 Å². The molecule has 0 aliphatic carbocycles. The Kier molecular flexibility index (Phi) is 6.66. The van der Waals surface area contributed by atoms with E-state index >= 15 is 0 Å². The highest BCUT2D eigenvalue weighted by Gasteiger charge is 2.24. The van der Waals surface area contributed by atoms with Gasteiger partial charge in [-0.15, -0.1) is 5.10 Å². The van der Waals surface area contributed by atoms with Crippen LogP contribution >= 0.6 is 0 Å². The topological polar surface area (TPSA) is 132 Å². The molecule has 0 saturated carbocycles. The third kappa shape index (κ3) is 4.55. The number of nitrogens with one attached hydrogen (secondary N) is 4. The van der Waals surface area contributed by atoms with Crippen molar-refractivity contribution < 1.29 is 4.79 Å². The van der Waals surface area contributed by atoms with E-state index in [0.29, 0.717) is 34.3 Å². The molecular formula is C25H33N11O. The van der Waals surface area contributed by atoms with Crippen molar-refractivity contribution in [3.63, 3.8) is 0 Å². The highest BCUT2D eigenvalue weighted by atomic mass is 16.1. The molecule has 5 rings (SSSR count). The summed E-state index contributed by atoms with van der Waals surface area (Å²) in [4.78, 5) is 36.6. The molecule has 0 aromatic carbocycles. The number of H-pyrrole nitrogens is 1. The molecule has 194 valence electrons. The van der Waals surface area contributed by atoms with Crippen LogP contribution in [0.2, 0.25) is 0 Å². The van der Waals surface area contributed by atoms with Gasteiger partial charge in [0.05, 0.1) is 11.3 Å². The number of hydrogen-bond acceptors (Lipinski definition) is 10. The molecule has 1 aliphatic rings. The minimum atomic E-state index is -0.229. The Morgan fingerprint density at radius 2 is 1.86 bits per heavy atom. The van der Waals surface area contributed by atoms with Gasteiger partial charge in [0.15, 0.2) is 23.1 Å². The van der Waals surface area contributed by atoms with Gasteiger partial charge in [-0.05, 0) is 51.2 Å². The first-order chi connectivity index (χ1) is 17.9. The molecule has 4 N–H and O–H groups in total. The van der Waals surface area contributed by atoms with Crippen LogP contribution in [0.5, 0.6) is 0 Å². The molecule has 0 radical (unpaired) electrons. The molecule has 1 aliphatic heterocycles. The molecular weight excluding hydrogens is 470 g/mol. The monoisotopic (exact) mass is 503 g/mol. The fourth-order valence-corrected chi connectivity index (χ4v) is 4.85. The van der Waals surface area contributed by atoms with E-state index in [-0.39, 0.29) is 11.6 Å². The highest BCUT2D eigenvalue weighted by molar-refractivity contribution is 6.08. The molecule has 12 heteroatoms. The Morgan fingerprint density at radius 3 is 2.54 bits per heavy atom. The average molecular weight is 504 g/mol. The van der Waals surface area contributed by atoms with Crippen LogP contribution in [0.1, 0.15) is 29.0 Å². The second-order valence-electron chi connectivity index (χ2n) is 9.27. The van der Waals surface area contributed by atoms with E-state index in [1.165, 1.54) is 0 Å². The largest absolute Gasteiger partial charge is 0.371 e. The van der Waals surface area contributed by atoms with Gasteiger partial charge in [-0.2, -0.15) is 4.79 Å². The number of imidazole rings is 1. The standard InChI is InChI=1S/C25H33N11O/c1-26-23-20(25(27-2)36(28-3)33-23)18-14-15(8-11-29-18)21(37)24-30-17-6-7-19(31-22(17)32-24)35-12-9-16(10-13-35)34(4)5/h6-8,11,14,16,27-28H,9-10,12-13H2,1-5H3,(H,26,33)(H,30,31,32). The van der Waals surface area contributed by atoms with Gasteiger partial charge in [0.2, 0.25) is 5.78 Å². The molecule has 0 spiro atoms. The molecule has 1 fully saturated rings. The van der Waals surface area contributed by atoms with Crippen molar-refractivity contribution in [2.45, 2.75) is 18.9 Å². The Labute approximate surface area is 215 Å². The van der Waals surface area contributed by atoms with E-state index in [2.05, 4.69) is 60.0 Å². The summed E-state index contributed by atoms with van der Waals surface area (Å²) in [7, 11) is 9.64. The third-order valence-electron chi connectivity index (χ3n) is 6.91. The zero-order valence-electron chi connectivity index (χ0n) is 21.8. The number of hydrogen-bond donors (Lipinski definition) is 4. The van der Waals surface area contributed by atoms with Crippen molar-refractivity contribution in [1.82, 2.24) is 34.7 Å². The number of ketones is 1. The first-order valence-electron chi connectivity index (χ1n) is 12.4. The molecule has 12 nitrogen and oxygen atoms in total. The van der Waals surface area contributed by atoms with Crippen LogP contribution in [0.15, 0.2) is 30.5 Å². The summed E-state index contributed by atoms with van der Waals surface area (Å²) in [6.45, 7) is 1.91. The van der Waals surface area contributed by atoms with Crippen LogP contribution in [0.3, 0.4) is 0 Å². The van der Waals surface area contributed by atoms with Crippen molar-refractivity contribution in [3.8, 4) is 11.3 Å². The van der Waals surface area contributed by atoms with Gasteiger partial charge < -0.3 is 30.8 Å². The van der Waals surface area contributed by atoms with Crippen molar-refractivity contribution in [3.05, 3.63) is 41.9 Å². The number of pyridine rings is 2. The molecule has 0 unspecified atom stereocenters. The van der Waals surface area contributed by atoms with Gasteiger partial charge in [0.25, 0.3) is 0 Å². The van der Waals surface area contributed by atoms with Crippen LogP contribution in [0, 0.1) is 0 Å². The van der Waals surface area contributed by atoms with Crippen LogP contribution in [-0.4, -0.2) is 94.9 Å². The lowest BCUT2D eigenvalue weighted by molar-refractivity contribution is 0.103. The molecule has 1 saturated heterocycles. The fraction of sp³-hybridized carbons (Fsp3) is 0.400.